The topological polar surface area (TPSA) is 74.6 Å². The van der Waals surface area contributed by atoms with Crippen LogP contribution in [-0.4, -0.2) is 21.8 Å². The highest BCUT2D eigenvalue weighted by Gasteiger charge is 2.39. The lowest BCUT2D eigenvalue weighted by Crippen LogP contribution is -2.34. The molecule has 4 atom stereocenters. The molecule has 162 valence electrons. The van der Waals surface area contributed by atoms with E-state index >= 15 is 0 Å². The number of carbonyl (C=O) groups excluding carboxylic acids is 2. The van der Waals surface area contributed by atoms with Crippen molar-refractivity contribution in [3.05, 3.63) is 47.6 Å². The molecular formula is C26H34O4. The molecule has 0 radical (unpaired) electrons. The van der Waals surface area contributed by atoms with E-state index in [-0.39, 0.29) is 46.7 Å². The number of ketones is 2. The summed E-state index contributed by atoms with van der Waals surface area (Å²) in [5.74, 6) is 0.364. The Bertz CT molecular complexity index is 843. The fourth-order valence-electron chi connectivity index (χ4n) is 4.76. The van der Waals surface area contributed by atoms with Gasteiger partial charge in [0, 0.05) is 46.6 Å². The second-order valence-corrected chi connectivity index (χ2v) is 10.2. The van der Waals surface area contributed by atoms with Gasteiger partial charge in [0.2, 0.25) is 0 Å². The molecule has 2 aliphatic carbocycles. The van der Waals surface area contributed by atoms with Crippen LogP contribution < -0.4 is 0 Å². The van der Waals surface area contributed by atoms with E-state index in [0.717, 1.165) is 0 Å². The molecule has 0 amide bonds. The van der Waals surface area contributed by atoms with Gasteiger partial charge in [0.25, 0.3) is 0 Å². The van der Waals surface area contributed by atoms with E-state index in [1.54, 1.807) is 12.1 Å². The van der Waals surface area contributed by atoms with E-state index in [1.807, 2.05) is 53.7 Å². The maximum atomic E-state index is 12.2. The van der Waals surface area contributed by atoms with Gasteiger partial charge in [-0.1, -0.05) is 65.8 Å². The fraction of sp³-hybridized carbons (Fsp3) is 0.538. The average molecular weight is 411 g/mol. The van der Waals surface area contributed by atoms with Gasteiger partial charge in [0.1, 0.15) is 23.1 Å². The van der Waals surface area contributed by atoms with E-state index in [1.165, 1.54) is 0 Å². The zero-order chi connectivity index (χ0) is 22.4. The van der Waals surface area contributed by atoms with Gasteiger partial charge in [-0.25, -0.2) is 0 Å². The Balaban J connectivity index is 1.97. The summed E-state index contributed by atoms with van der Waals surface area (Å²) in [4.78, 5) is 24.5. The van der Waals surface area contributed by atoms with Crippen LogP contribution in [0.5, 0.6) is 11.5 Å². The van der Waals surface area contributed by atoms with Crippen LogP contribution in [0.2, 0.25) is 0 Å². The molecule has 0 spiro atoms. The number of hydrogen-bond acceptors (Lipinski definition) is 4. The van der Waals surface area contributed by atoms with Crippen LogP contribution in [0.25, 0.3) is 0 Å². The molecule has 0 heterocycles. The summed E-state index contributed by atoms with van der Waals surface area (Å²) in [5, 5.41) is 21.9. The molecule has 3 rings (SSSR count). The van der Waals surface area contributed by atoms with Gasteiger partial charge in [-0.05, 0) is 24.0 Å². The quantitative estimate of drug-likeness (QED) is 0.527. The van der Waals surface area contributed by atoms with Crippen LogP contribution in [-0.2, 0) is 20.4 Å². The molecule has 4 heteroatoms. The Labute approximate surface area is 179 Å². The summed E-state index contributed by atoms with van der Waals surface area (Å²) >= 11 is 0. The molecule has 0 fully saturated rings. The molecule has 0 aliphatic heterocycles. The first-order valence-corrected chi connectivity index (χ1v) is 10.8. The molecule has 0 saturated heterocycles. The first kappa shape index (κ1) is 22.3. The predicted molar refractivity (Wildman–Crippen MR) is 119 cm³/mol. The number of allylic oxidation sites excluding steroid dienone is 4. The molecule has 1 aromatic carbocycles. The maximum absolute atomic E-state index is 12.2. The summed E-state index contributed by atoms with van der Waals surface area (Å²) in [6.45, 7) is 11.8. The smallest absolute Gasteiger partial charge is 0.140 e. The molecule has 0 aromatic heterocycles. The lowest BCUT2D eigenvalue weighted by atomic mass is 9.65. The number of phenolic OH excluding ortho intramolecular Hbond substituents is 2. The van der Waals surface area contributed by atoms with E-state index in [9.17, 15) is 19.8 Å². The lowest BCUT2D eigenvalue weighted by Gasteiger charge is -2.38. The van der Waals surface area contributed by atoms with E-state index in [2.05, 4.69) is 12.2 Å². The van der Waals surface area contributed by atoms with Crippen molar-refractivity contribution in [1.82, 2.24) is 0 Å². The van der Waals surface area contributed by atoms with Crippen LogP contribution in [0, 0.1) is 23.7 Å². The van der Waals surface area contributed by atoms with Crippen LogP contribution in [0.1, 0.15) is 65.5 Å². The normalized spacial score (nSPS) is 27.5. The second-order valence-electron chi connectivity index (χ2n) is 10.2. The van der Waals surface area contributed by atoms with Crippen molar-refractivity contribution in [3.63, 3.8) is 0 Å². The number of benzene rings is 1. The van der Waals surface area contributed by atoms with Gasteiger partial charge in [0.15, 0.2) is 0 Å². The minimum absolute atomic E-state index is 0.0502. The molecule has 4 nitrogen and oxygen atoms in total. The first-order chi connectivity index (χ1) is 13.9. The lowest BCUT2D eigenvalue weighted by molar-refractivity contribution is -0.123. The molecule has 0 bridgehead atoms. The zero-order valence-electron chi connectivity index (χ0n) is 18.9. The van der Waals surface area contributed by atoms with Crippen LogP contribution in [0.15, 0.2) is 36.4 Å². The van der Waals surface area contributed by atoms with Gasteiger partial charge in [-0.15, -0.1) is 0 Å². The van der Waals surface area contributed by atoms with Crippen LogP contribution in [0.4, 0.5) is 0 Å². The van der Waals surface area contributed by atoms with Gasteiger partial charge in [-0.2, -0.15) is 0 Å². The van der Waals surface area contributed by atoms with Crippen molar-refractivity contribution >= 4 is 11.6 Å². The fourth-order valence-corrected chi connectivity index (χ4v) is 4.76. The van der Waals surface area contributed by atoms with Crippen LogP contribution >= 0.6 is 0 Å². The Morgan fingerprint density at radius 1 is 0.700 bits per heavy atom. The number of phenols is 2. The molecular weight excluding hydrogens is 376 g/mol. The molecule has 1 aromatic rings. The third kappa shape index (κ3) is 3.84. The summed E-state index contributed by atoms with van der Waals surface area (Å²) in [7, 11) is 0. The standard InChI is InChI=1S/C26H34O4/c1-15-7-9-17(11-21(15)27)25(3,4)19-13-24(30)20(14-23(19)29)26(5,6)18-10-8-16(2)22(28)12-18/h7-10,13-18,29-30H,11-12H2,1-6H3. The largest absolute Gasteiger partial charge is 0.508 e. The highest BCUT2D eigenvalue weighted by Crippen LogP contribution is 2.48. The van der Waals surface area contributed by atoms with Crippen molar-refractivity contribution in [3.8, 4) is 11.5 Å². The Morgan fingerprint density at radius 3 is 1.33 bits per heavy atom. The second kappa shape index (κ2) is 7.72. The number of Topliss-reactive ketones (excluding diaryl/α,β-unsaturated/α-hetero) is 2. The molecule has 4 unspecified atom stereocenters. The van der Waals surface area contributed by atoms with Gasteiger partial charge >= 0.3 is 0 Å². The van der Waals surface area contributed by atoms with Crippen molar-refractivity contribution < 1.29 is 19.8 Å². The molecule has 0 saturated carbocycles. The monoisotopic (exact) mass is 410 g/mol. The summed E-state index contributed by atoms with van der Waals surface area (Å²) in [5.41, 5.74) is 0.209. The van der Waals surface area contributed by atoms with Crippen LogP contribution in [0.3, 0.4) is 0 Å². The Morgan fingerprint density at radius 2 is 1.03 bits per heavy atom. The van der Waals surface area contributed by atoms with E-state index in [4.69, 9.17) is 0 Å². The SMILES string of the molecule is CC1C=CC(C(C)(C)c2cc(O)c(C(C)(C)C3C=CC(C)C(=O)C3)cc2O)CC1=O. The zero-order valence-corrected chi connectivity index (χ0v) is 18.9. The molecule has 30 heavy (non-hydrogen) atoms. The molecule has 2 aliphatic rings. The van der Waals surface area contributed by atoms with E-state index in [0.29, 0.717) is 24.0 Å². The van der Waals surface area contributed by atoms with Gasteiger partial charge < -0.3 is 10.2 Å². The van der Waals surface area contributed by atoms with Crippen molar-refractivity contribution in [2.45, 2.75) is 65.2 Å². The number of aromatic hydroxyl groups is 2. The number of carbonyl (C=O) groups is 2. The summed E-state index contributed by atoms with van der Waals surface area (Å²) < 4.78 is 0. The maximum Gasteiger partial charge on any atom is 0.140 e. The van der Waals surface area contributed by atoms with Gasteiger partial charge in [-0.3, -0.25) is 9.59 Å². The first-order valence-electron chi connectivity index (χ1n) is 10.8. The molecule has 2 N–H and O–H groups in total. The Hall–Kier alpha value is -2.36. The summed E-state index contributed by atoms with van der Waals surface area (Å²) in [6.07, 6.45) is 8.82. The average Bonchev–Trinajstić information content (AvgIpc) is 2.67. The predicted octanol–water partition coefficient (Wildman–Crippen LogP) is 5.22. The van der Waals surface area contributed by atoms with Crippen molar-refractivity contribution in [2.24, 2.45) is 23.7 Å². The Kier molecular flexibility index (Phi) is 5.74. The number of rotatable bonds is 4. The highest BCUT2D eigenvalue weighted by atomic mass is 16.3. The minimum Gasteiger partial charge on any atom is -0.508 e. The third-order valence-corrected chi connectivity index (χ3v) is 7.48. The minimum atomic E-state index is -0.521. The van der Waals surface area contributed by atoms with Gasteiger partial charge in [0.05, 0.1) is 0 Å². The highest BCUT2D eigenvalue weighted by molar-refractivity contribution is 5.84. The summed E-state index contributed by atoms with van der Waals surface area (Å²) in [6, 6.07) is 3.28. The third-order valence-electron chi connectivity index (χ3n) is 7.48. The van der Waals surface area contributed by atoms with E-state index < -0.39 is 10.8 Å². The number of hydrogen-bond donors (Lipinski definition) is 2. The van der Waals surface area contributed by atoms with Crippen molar-refractivity contribution in [2.75, 3.05) is 0 Å². The van der Waals surface area contributed by atoms with Crippen molar-refractivity contribution in [1.29, 1.82) is 0 Å².